The molecular formula is C25H30N4O2S. The number of benzene rings is 2. The van der Waals surface area contributed by atoms with E-state index in [1.165, 1.54) is 22.9 Å². The van der Waals surface area contributed by atoms with Crippen LogP contribution in [-0.4, -0.2) is 55.1 Å². The normalized spacial score (nSPS) is 15.2. The van der Waals surface area contributed by atoms with E-state index >= 15 is 0 Å². The first-order valence-corrected chi connectivity index (χ1v) is 12.8. The Morgan fingerprint density at radius 3 is 2.25 bits per heavy atom. The van der Waals surface area contributed by atoms with Gasteiger partial charge in [0.05, 0.1) is 6.26 Å². The van der Waals surface area contributed by atoms with Gasteiger partial charge in [-0.1, -0.05) is 54.1 Å². The molecule has 0 unspecified atom stereocenters. The third kappa shape index (κ3) is 4.84. The largest absolute Gasteiger partial charge is 0.354 e. The van der Waals surface area contributed by atoms with Gasteiger partial charge in [-0.05, 0) is 31.9 Å². The number of aryl methyl sites for hydroxylation is 3. The Morgan fingerprint density at radius 1 is 0.906 bits per heavy atom. The maximum absolute atomic E-state index is 12.0. The molecule has 1 aliphatic rings. The Bertz CT molecular complexity index is 1220. The molecular weight excluding hydrogens is 420 g/mol. The van der Waals surface area contributed by atoms with E-state index in [-0.39, 0.29) is 0 Å². The van der Waals surface area contributed by atoms with Crippen molar-refractivity contribution >= 4 is 15.8 Å². The summed E-state index contributed by atoms with van der Waals surface area (Å²) in [6, 6.07) is 16.5. The van der Waals surface area contributed by atoms with Gasteiger partial charge < -0.3 is 4.90 Å². The highest BCUT2D eigenvalue weighted by atomic mass is 32.2. The van der Waals surface area contributed by atoms with Gasteiger partial charge in [-0.3, -0.25) is 0 Å². The molecule has 1 saturated heterocycles. The predicted octanol–water partition coefficient (Wildman–Crippen LogP) is 3.74. The molecule has 2 aromatic carbocycles. The van der Waals surface area contributed by atoms with Crippen LogP contribution in [0.5, 0.6) is 0 Å². The van der Waals surface area contributed by atoms with Gasteiger partial charge in [0.25, 0.3) is 0 Å². The molecule has 0 radical (unpaired) electrons. The lowest BCUT2D eigenvalue weighted by atomic mass is 9.97. The van der Waals surface area contributed by atoms with Crippen LogP contribution in [0.25, 0.3) is 11.4 Å². The molecule has 2 heterocycles. The Balaban J connectivity index is 1.76. The summed E-state index contributed by atoms with van der Waals surface area (Å²) < 4.78 is 25.5. The van der Waals surface area contributed by atoms with E-state index in [0.717, 1.165) is 29.1 Å². The second-order valence-electron chi connectivity index (χ2n) is 8.56. The summed E-state index contributed by atoms with van der Waals surface area (Å²) in [5.74, 6) is 1.61. The van der Waals surface area contributed by atoms with Crippen molar-refractivity contribution in [3.05, 3.63) is 76.5 Å². The van der Waals surface area contributed by atoms with Crippen LogP contribution in [-0.2, 0) is 16.4 Å². The highest BCUT2D eigenvalue weighted by molar-refractivity contribution is 7.88. The van der Waals surface area contributed by atoms with Crippen LogP contribution in [0.15, 0.2) is 48.5 Å². The number of piperazine rings is 1. The molecule has 0 atom stereocenters. The van der Waals surface area contributed by atoms with Crippen LogP contribution in [0, 0.1) is 20.8 Å². The minimum Gasteiger partial charge on any atom is -0.354 e. The van der Waals surface area contributed by atoms with Crippen molar-refractivity contribution in [3.63, 3.8) is 0 Å². The van der Waals surface area contributed by atoms with Gasteiger partial charge in [0.15, 0.2) is 5.82 Å². The SMILES string of the molecule is Cc1ccc(C)c(Cc2c(C)nc(-c3ccccc3)nc2N2CCN(S(C)(=O)=O)CC2)c1. The van der Waals surface area contributed by atoms with Crippen molar-refractivity contribution < 1.29 is 8.42 Å². The third-order valence-electron chi connectivity index (χ3n) is 6.10. The standard InChI is InChI=1S/C25H30N4O2S/c1-18-10-11-19(2)22(16-18)17-23-20(3)26-24(21-8-6-5-7-9-21)27-25(23)28-12-14-29(15-13-28)32(4,30)31/h5-11,16H,12-15,17H2,1-4H3. The van der Waals surface area contributed by atoms with Crippen LogP contribution < -0.4 is 4.90 Å². The molecule has 0 amide bonds. The monoisotopic (exact) mass is 450 g/mol. The van der Waals surface area contributed by atoms with Crippen molar-refractivity contribution in [2.24, 2.45) is 0 Å². The van der Waals surface area contributed by atoms with Gasteiger partial charge in [0, 0.05) is 49.4 Å². The van der Waals surface area contributed by atoms with Gasteiger partial charge in [-0.15, -0.1) is 0 Å². The molecule has 0 spiro atoms. The Hall–Kier alpha value is -2.77. The molecule has 4 rings (SSSR count). The minimum absolute atomic E-state index is 0.464. The lowest BCUT2D eigenvalue weighted by molar-refractivity contribution is 0.386. The number of anilines is 1. The van der Waals surface area contributed by atoms with Gasteiger partial charge >= 0.3 is 0 Å². The fourth-order valence-electron chi connectivity index (χ4n) is 4.18. The van der Waals surface area contributed by atoms with E-state index in [2.05, 4.69) is 36.9 Å². The maximum atomic E-state index is 12.0. The summed E-state index contributed by atoms with van der Waals surface area (Å²) >= 11 is 0. The van der Waals surface area contributed by atoms with Gasteiger partial charge in [0.1, 0.15) is 5.82 Å². The highest BCUT2D eigenvalue weighted by Crippen LogP contribution is 2.29. The summed E-state index contributed by atoms with van der Waals surface area (Å²) in [4.78, 5) is 12.1. The molecule has 3 aromatic rings. The van der Waals surface area contributed by atoms with E-state index in [0.29, 0.717) is 32.0 Å². The van der Waals surface area contributed by atoms with Crippen LogP contribution in [0.3, 0.4) is 0 Å². The van der Waals surface area contributed by atoms with Crippen LogP contribution in [0.1, 0.15) is 27.9 Å². The maximum Gasteiger partial charge on any atom is 0.211 e. The Labute approximate surface area is 191 Å². The van der Waals surface area contributed by atoms with E-state index in [1.807, 2.05) is 37.3 Å². The topological polar surface area (TPSA) is 66.4 Å². The fourth-order valence-corrected chi connectivity index (χ4v) is 5.01. The van der Waals surface area contributed by atoms with Crippen molar-refractivity contribution in [1.82, 2.24) is 14.3 Å². The van der Waals surface area contributed by atoms with Crippen molar-refractivity contribution in [1.29, 1.82) is 0 Å². The summed E-state index contributed by atoms with van der Waals surface area (Å²) in [6.45, 7) is 8.43. The van der Waals surface area contributed by atoms with E-state index in [1.54, 1.807) is 4.31 Å². The van der Waals surface area contributed by atoms with Crippen LogP contribution >= 0.6 is 0 Å². The van der Waals surface area contributed by atoms with E-state index in [4.69, 9.17) is 9.97 Å². The lowest BCUT2D eigenvalue weighted by Crippen LogP contribution is -2.49. The molecule has 1 fully saturated rings. The smallest absolute Gasteiger partial charge is 0.211 e. The first-order valence-electron chi connectivity index (χ1n) is 10.9. The molecule has 0 aliphatic carbocycles. The summed E-state index contributed by atoms with van der Waals surface area (Å²) in [6.07, 6.45) is 2.02. The first-order chi connectivity index (χ1) is 15.2. The average molecular weight is 451 g/mol. The number of rotatable bonds is 5. The second-order valence-corrected chi connectivity index (χ2v) is 10.5. The van der Waals surface area contributed by atoms with Crippen LogP contribution in [0.2, 0.25) is 0 Å². The van der Waals surface area contributed by atoms with Gasteiger partial charge in [0.2, 0.25) is 10.0 Å². The minimum atomic E-state index is -3.19. The number of aromatic nitrogens is 2. The number of sulfonamides is 1. The molecule has 0 bridgehead atoms. The molecule has 6 nitrogen and oxygen atoms in total. The highest BCUT2D eigenvalue weighted by Gasteiger charge is 2.27. The molecule has 0 N–H and O–H groups in total. The zero-order valence-electron chi connectivity index (χ0n) is 19.2. The average Bonchev–Trinajstić information content (AvgIpc) is 2.77. The number of hydrogen-bond donors (Lipinski definition) is 0. The molecule has 168 valence electrons. The van der Waals surface area contributed by atoms with Gasteiger partial charge in [-0.2, -0.15) is 4.31 Å². The van der Waals surface area contributed by atoms with Gasteiger partial charge in [-0.25, -0.2) is 18.4 Å². The Kier molecular flexibility index (Phi) is 6.31. The zero-order chi connectivity index (χ0) is 22.9. The molecule has 32 heavy (non-hydrogen) atoms. The van der Waals surface area contributed by atoms with Crippen molar-refractivity contribution in [2.75, 3.05) is 37.3 Å². The zero-order valence-corrected chi connectivity index (χ0v) is 20.0. The first kappa shape index (κ1) is 22.4. The third-order valence-corrected chi connectivity index (χ3v) is 7.41. The number of hydrogen-bond acceptors (Lipinski definition) is 5. The van der Waals surface area contributed by atoms with E-state index < -0.39 is 10.0 Å². The molecule has 0 saturated carbocycles. The second kappa shape index (κ2) is 9.00. The summed E-state index contributed by atoms with van der Waals surface area (Å²) in [7, 11) is -3.19. The quantitative estimate of drug-likeness (QED) is 0.592. The predicted molar refractivity (Wildman–Crippen MR) is 130 cm³/mol. The Morgan fingerprint density at radius 2 is 1.59 bits per heavy atom. The van der Waals surface area contributed by atoms with Crippen LogP contribution in [0.4, 0.5) is 5.82 Å². The molecule has 1 aliphatic heterocycles. The summed E-state index contributed by atoms with van der Waals surface area (Å²) in [5, 5.41) is 0. The van der Waals surface area contributed by atoms with Crippen molar-refractivity contribution in [2.45, 2.75) is 27.2 Å². The van der Waals surface area contributed by atoms with E-state index in [9.17, 15) is 8.42 Å². The fraction of sp³-hybridized carbons (Fsp3) is 0.360. The number of nitrogens with zero attached hydrogens (tertiary/aromatic N) is 4. The lowest BCUT2D eigenvalue weighted by Gasteiger charge is -2.35. The molecule has 1 aromatic heterocycles. The molecule has 7 heteroatoms. The summed E-state index contributed by atoms with van der Waals surface area (Å²) in [5.41, 5.74) is 6.78. The van der Waals surface area contributed by atoms with Crippen molar-refractivity contribution in [3.8, 4) is 11.4 Å².